The van der Waals surface area contributed by atoms with Gasteiger partial charge in [0.15, 0.2) is 17.1 Å². The van der Waals surface area contributed by atoms with Crippen molar-refractivity contribution in [2.45, 2.75) is 43.4 Å². The lowest BCUT2D eigenvalue weighted by molar-refractivity contribution is -0.143. The fourth-order valence-corrected chi connectivity index (χ4v) is 7.80. The highest BCUT2D eigenvalue weighted by Crippen LogP contribution is 2.61. The highest BCUT2D eigenvalue weighted by molar-refractivity contribution is 6.22. The van der Waals surface area contributed by atoms with E-state index in [-0.39, 0.29) is 17.7 Å². The zero-order valence-corrected chi connectivity index (χ0v) is 26.7. The van der Waals surface area contributed by atoms with E-state index in [1.165, 1.54) is 4.90 Å². The van der Waals surface area contributed by atoms with E-state index in [0.717, 1.165) is 41.1 Å². The van der Waals surface area contributed by atoms with Gasteiger partial charge >= 0.3 is 0 Å². The van der Waals surface area contributed by atoms with Crippen LogP contribution in [0.2, 0.25) is 0 Å². The van der Waals surface area contributed by atoms with Crippen LogP contribution in [0.5, 0.6) is 0 Å². The number of pyridine rings is 1. The predicted octanol–water partition coefficient (Wildman–Crippen LogP) is 5.49. The van der Waals surface area contributed by atoms with Crippen molar-refractivity contribution >= 4 is 28.6 Å². The lowest BCUT2D eigenvalue weighted by Crippen LogP contribution is -2.65. The number of carbonyl (C=O) groups excluding carboxylic acids is 2. The smallest absolute Gasteiger partial charge is 0.262 e. The Hall–Kier alpha value is -5.32. The van der Waals surface area contributed by atoms with Crippen molar-refractivity contribution in [1.82, 2.24) is 34.4 Å². The predicted molar refractivity (Wildman–Crippen MR) is 180 cm³/mol. The minimum atomic E-state index is -0.941. The summed E-state index contributed by atoms with van der Waals surface area (Å²) < 4.78 is 1.96. The molecule has 10 nitrogen and oxygen atoms in total. The van der Waals surface area contributed by atoms with Crippen LogP contribution in [-0.4, -0.2) is 71.0 Å². The molecule has 2 saturated carbocycles. The third-order valence-electron chi connectivity index (χ3n) is 10.2. The summed E-state index contributed by atoms with van der Waals surface area (Å²) in [6, 6.07) is 28.7. The molecule has 0 spiro atoms. The number of hydrogen-bond acceptors (Lipinski definition) is 8. The summed E-state index contributed by atoms with van der Waals surface area (Å²) in [5.41, 5.74) is 5.08. The number of carbonyl (C=O) groups is 2. The molecular weight excluding hydrogens is 602 g/mol. The van der Waals surface area contributed by atoms with E-state index in [9.17, 15) is 14.7 Å². The van der Waals surface area contributed by atoms with Gasteiger partial charge in [-0.1, -0.05) is 66.7 Å². The van der Waals surface area contributed by atoms with E-state index in [1.54, 1.807) is 24.3 Å². The van der Waals surface area contributed by atoms with Crippen LogP contribution in [0.25, 0.3) is 39.3 Å². The third kappa shape index (κ3) is 4.26. The molecule has 9 rings (SSSR count). The molecule has 6 aromatic rings. The van der Waals surface area contributed by atoms with Crippen LogP contribution < -0.4 is 0 Å². The molecule has 1 N–H and O–H groups in total. The summed E-state index contributed by atoms with van der Waals surface area (Å²) in [4.78, 5) is 41.4. The molecule has 2 aliphatic carbocycles. The average Bonchev–Trinajstić information content (AvgIpc) is 3.83. The fraction of sp³-hybridized carbons (Fsp3) is 0.263. The molecule has 1 aliphatic heterocycles. The van der Waals surface area contributed by atoms with Crippen molar-refractivity contribution in [3.05, 3.63) is 114 Å². The van der Waals surface area contributed by atoms with Gasteiger partial charge in [0.1, 0.15) is 5.52 Å². The summed E-state index contributed by atoms with van der Waals surface area (Å²) in [5, 5.41) is 20.3. The molecule has 0 saturated heterocycles. The van der Waals surface area contributed by atoms with Crippen molar-refractivity contribution in [3.8, 4) is 22.5 Å². The summed E-state index contributed by atoms with van der Waals surface area (Å²) in [5.74, 6) is 0.365. The lowest BCUT2D eigenvalue weighted by atomic mass is 9.58. The Kier molecular flexibility index (Phi) is 6.22. The average molecular weight is 636 g/mol. The fourth-order valence-electron chi connectivity index (χ4n) is 7.80. The summed E-state index contributed by atoms with van der Waals surface area (Å²) in [7, 11) is 3.98. The maximum Gasteiger partial charge on any atom is 0.262 e. The molecule has 0 bridgehead atoms. The monoisotopic (exact) mass is 635 g/mol. The van der Waals surface area contributed by atoms with Crippen LogP contribution in [0.1, 0.15) is 57.8 Å². The molecule has 0 unspecified atom stereocenters. The molecule has 10 heteroatoms. The molecule has 0 atom stereocenters. The molecule has 3 aromatic carbocycles. The standard InChI is InChI=1S/C38H33N7O3/c1-43(2)20-31-42-41-30-19-18-29-34(44(30)31)40-33(23-8-4-3-5-9-23)32(39-29)24-12-14-25(15-13-24)37(21-38(48,22-37)26-16-17-26)45-35(46)27-10-6-7-11-28(27)36(45)47/h3-15,18-19,26,48H,16-17,20-22H2,1-2H3. The first-order chi connectivity index (χ1) is 23.3. The van der Waals surface area contributed by atoms with Gasteiger partial charge in [-0.2, -0.15) is 0 Å². The number of hydrogen-bond donors (Lipinski definition) is 1. The maximum atomic E-state index is 13.8. The third-order valence-corrected chi connectivity index (χ3v) is 10.2. The molecule has 238 valence electrons. The Morgan fingerprint density at radius 2 is 1.40 bits per heavy atom. The Bertz CT molecular complexity index is 2230. The largest absolute Gasteiger partial charge is 0.389 e. The van der Waals surface area contributed by atoms with Crippen molar-refractivity contribution in [2.75, 3.05) is 14.1 Å². The molecule has 2 fully saturated rings. The Morgan fingerprint density at radius 3 is 2.04 bits per heavy atom. The van der Waals surface area contributed by atoms with Crippen LogP contribution >= 0.6 is 0 Å². The number of benzene rings is 3. The summed E-state index contributed by atoms with van der Waals surface area (Å²) in [6.07, 6.45) is 2.58. The number of fused-ring (bicyclic) bond motifs is 4. The second-order valence-corrected chi connectivity index (χ2v) is 13.7. The minimum absolute atomic E-state index is 0.205. The first-order valence-electron chi connectivity index (χ1n) is 16.3. The number of imide groups is 1. The van der Waals surface area contributed by atoms with Crippen LogP contribution in [0, 0.1) is 5.92 Å². The van der Waals surface area contributed by atoms with E-state index in [2.05, 4.69) is 10.2 Å². The number of aromatic nitrogens is 5. The first kappa shape index (κ1) is 28.9. The van der Waals surface area contributed by atoms with Gasteiger partial charge < -0.3 is 10.0 Å². The second-order valence-electron chi connectivity index (χ2n) is 13.7. The SMILES string of the molecule is CN(C)Cc1nnc2ccc3nc(-c4ccc(C5(N6C(=O)c7ccccc7C6=O)CC(O)(C6CC6)C5)cc4)c(-c4ccccc4)nc3n12. The summed E-state index contributed by atoms with van der Waals surface area (Å²) >= 11 is 0. The van der Waals surface area contributed by atoms with Crippen LogP contribution in [-0.2, 0) is 12.1 Å². The van der Waals surface area contributed by atoms with Gasteiger partial charge in [0.2, 0.25) is 0 Å². The lowest BCUT2D eigenvalue weighted by Gasteiger charge is -2.57. The van der Waals surface area contributed by atoms with E-state index < -0.39 is 11.1 Å². The quantitative estimate of drug-likeness (QED) is 0.229. The van der Waals surface area contributed by atoms with Crippen molar-refractivity contribution in [1.29, 1.82) is 0 Å². The van der Waals surface area contributed by atoms with Gasteiger partial charge in [-0.15, -0.1) is 10.2 Å². The van der Waals surface area contributed by atoms with Crippen LogP contribution in [0.15, 0.2) is 91.0 Å². The molecular formula is C38H33N7O3. The van der Waals surface area contributed by atoms with Gasteiger partial charge in [-0.3, -0.25) is 18.9 Å². The van der Waals surface area contributed by atoms with Gasteiger partial charge in [0, 0.05) is 24.0 Å². The number of nitrogens with zero attached hydrogens (tertiary/aromatic N) is 7. The van der Waals surface area contributed by atoms with Crippen LogP contribution in [0.4, 0.5) is 0 Å². The molecule has 4 heterocycles. The highest BCUT2D eigenvalue weighted by Gasteiger charge is 2.66. The van der Waals surface area contributed by atoms with E-state index in [4.69, 9.17) is 9.97 Å². The van der Waals surface area contributed by atoms with E-state index in [1.807, 2.05) is 90.1 Å². The van der Waals surface area contributed by atoms with Crippen molar-refractivity contribution in [3.63, 3.8) is 0 Å². The zero-order valence-electron chi connectivity index (χ0n) is 26.7. The highest BCUT2D eigenvalue weighted by atomic mass is 16.3. The van der Waals surface area contributed by atoms with E-state index >= 15 is 0 Å². The first-order valence-corrected chi connectivity index (χ1v) is 16.3. The number of amides is 2. The Balaban J connectivity index is 1.17. The minimum Gasteiger partial charge on any atom is -0.389 e. The van der Waals surface area contributed by atoms with Gasteiger partial charge in [-0.25, -0.2) is 9.97 Å². The van der Waals surface area contributed by atoms with Gasteiger partial charge in [0.05, 0.1) is 40.2 Å². The zero-order chi connectivity index (χ0) is 32.8. The molecule has 2 amide bonds. The maximum absolute atomic E-state index is 13.8. The number of aliphatic hydroxyl groups is 1. The second kappa shape index (κ2) is 10.3. The molecule has 3 aliphatic rings. The Morgan fingerprint density at radius 1 is 0.771 bits per heavy atom. The topological polar surface area (TPSA) is 117 Å². The van der Waals surface area contributed by atoms with Crippen molar-refractivity contribution < 1.29 is 14.7 Å². The molecule has 48 heavy (non-hydrogen) atoms. The Labute approximate surface area is 276 Å². The molecule has 3 aromatic heterocycles. The van der Waals surface area contributed by atoms with Gasteiger partial charge in [0.25, 0.3) is 11.8 Å². The van der Waals surface area contributed by atoms with Crippen LogP contribution in [0.3, 0.4) is 0 Å². The molecule has 0 radical (unpaired) electrons. The summed E-state index contributed by atoms with van der Waals surface area (Å²) in [6.45, 7) is 0.594. The van der Waals surface area contributed by atoms with Crippen molar-refractivity contribution in [2.24, 2.45) is 5.92 Å². The number of rotatable bonds is 7. The van der Waals surface area contributed by atoms with E-state index in [0.29, 0.717) is 53.0 Å². The normalized spacial score (nSPS) is 22.1. The van der Waals surface area contributed by atoms with Gasteiger partial charge in [-0.05, 0) is 62.7 Å².